The number of aryl methyl sites for hydroxylation is 1. The first-order chi connectivity index (χ1) is 8.65. The average Bonchev–Trinajstić information content (AvgIpc) is 3.13. The van der Waals surface area contributed by atoms with Crippen molar-refractivity contribution in [3.63, 3.8) is 0 Å². The van der Waals surface area contributed by atoms with Crippen molar-refractivity contribution in [1.82, 2.24) is 4.98 Å². The smallest absolute Gasteiger partial charge is 0.339 e. The van der Waals surface area contributed by atoms with Crippen LogP contribution < -0.4 is 4.90 Å². The van der Waals surface area contributed by atoms with Gasteiger partial charge in [0.05, 0.1) is 0 Å². The van der Waals surface area contributed by atoms with E-state index in [1.54, 1.807) is 12.3 Å². The number of aromatic carboxylic acids is 1. The Kier molecular flexibility index (Phi) is 3.84. The highest BCUT2D eigenvalue weighted by atomic mass is 16.4. The Morgan fingerprint density at radius 2 is 2.28 bits per heavy atom. The second-order valence-electron chi connectivity index (χ2n) is 4.91. The van der Waals surface area contributed by atoms with E-state index in [0.29, 0.717) is 17.4 Å². The van der Waals surface area contributed by atoms with Crippen LogP contribution in [0.2, 0.25) is 0 Å². The maximum Gasteiger partial charge on any atom is 0.339 e. The molecule has 1 aromatic heterocycles. The molecule has 4 heteroatoms. The highest BCUT2D eigenvalue weighted by molar-refractivity contribution is 5.95. The Balaban J connectivity index is 2.34. The topological polar surface area (TPSA) is 53.4 Å². The van der Waals surface area contributed by atoms with E-state index in [1.165, 1.54) is 0 Å². The normalized spacial score (nSPS) is 14.6. The van der Waals surface area contributed by atoms with Crippen LogP contribution in [0.5, 0.6) is 0 Å². The second kappa shape index (κ2) is 5.38. The van der Waals surface area contributed by atoms with Crippen molar-refractivity contribution in [3.05, 3.63) is 23.4 Å². The van der Waals surface area contributed by atoms with E-state index >= 15 is 0 Å². The van der Waals surface area contributed by atoms with E-state index in [4.69, 9.17) is 0 Å². The van der Waals surface area contributed by atoms with E-state index in [-0.39, 0.29) is 0 Å². The molecule has 4 nitrogen and oxygen atoms in total. The molecule has 0 amide bonds. The summed E-state index contributed by atoms with van der Waals surface area (Å²) < 4.78 is 0. The predicted octanol–water partition coefficient (Wildman–Crippen LogP) is 2.86. The fourth-order valence-corrected chi connectivity index (χ4v) is 2.20. The van der Waals surface area contributed by atoms with Crippen molar-refractivity contribution in [2.45, 2.75) is 45.6 Å². The molecule has 1 N–H and O–H groups in total. The minimum Gasteiger partial charge on any atom is -0.478 e. The number of hydrogen-bond acceptors (Lipinski definition) is 3. The van der Waals surface area contributed by atoms with Crippen LogP contribution >= 0.6 is 0 Å². The molecule has 18 heavy (non-hydrogen) atoms. The van der Waals surface area contributed by atoms with Gasteiger partial charge in [0.2, 0.25) is 0 Å². The molecule has 0 spiro atoms. The zero-order chi connectivity index (χ0) is 13.1. The fraction of sp³-hybridized carbons (Fsp3) is 0.571. The molecule has 1 aliphatic rings. The Labute approximate surface area is 108 Å². The maximum absolute atomic E-state index is 11.4. The lowest BCUT2D eigenvalue weighted by atomic mass is 10.1. The first-order valence-corrected chi connectivity index (χ1v) is 6.60. The van der Waals surface area contributed by atoms with E-state index in [0.717, 1.165) is 37.8 Å². The number of pyridine rings is 1. The van der Waals surface area contributed by atoms with Crippen LogP contribution in [0, 0.1) is 6.92 Å². The molecule has 1 aromatic rings. The van der Waals surface area contributed by atoms with Gasteiger partial charge in [0.15, 0.2) is 0 Å². The summed E-state index contributed by atoms with van der Waals surface area (Å²) in [4.78, 5) is 17.9. The number of aromatic nitrogens is 1. The van der Waals surface area contributed by atoms with Gasteiger partial charge in [-0.3, -0.25) is 0 Å². The van der Waals surface area contributed by atoms with Crippen molar-refractivity contribution >= 4 is 11.8 Å². The van der Waals surface area contributed by atoms with E-state index in [2.05, 4.69) is 16.8 Å². The van der Waals surface area contributed by atoms with Crippen molar-refractivity contribution in [2.75, 3.05) is 11.4 Å². The first-order valence-electron chi connectivity index (χ1n) is 6.60. The van der Waals surface area contributed by atoms with Crippen LogP contribution in [0.3, 0.4) is 0 Å². The zero-order valence-electron chi connectivity index (χ0n) is 11.0. The Morgan fingerprint density at radius 3 is 2.83 bits per heavy atom. The molecule has 0 radical (unpaired) electrons. The molecule has 1 heterocycles. The number of carboxylic acid groups (broad SMARTS) is 1. The number of rotatable bonds is 6. The predicted molar refractivity (Wildman–Crippen MR) is 71.2 cm³/mol. The molecule has 1 aliphatic carbocycles. The third-order valence-corrected chi connectivity index (χ3v) is 3.37. The van der Waals surface area contributed by atoms with Crippen molar-refractivity contribution < 1.29 is 9.90 Å². The lowest BCUT2D eigenvalue weighted by Gasteiger charge is -2.25. The Bertz CT molecular complexity index is 441. The number of carboxylic acids is 1. The summed E-state index contributed by atoms with van der Waals surface area (Å²) in [5.41, 5.74) is 1.15. The summed E-state index contributed by atoms with van der Waals surface area (Å²) >= 11 is 0. The molecule has 2 rings (SSSR count). The van der Waals surface area contributed by atoms with Gasteiger partial charge >= 0.3 is 5.97 Å². The third kappa shape index (κ3) is 2.63. The van der Waals surface area contributed by atoms with E-state index < -0.39 is 5.97 Å². The van der Waals surface area contributed by atoms with Crippen LogP contribution in [-0.2, 0) is 0 Å². The highest BCUT2D eigenvalue weighted by Crippen LogP contribution is 2.33. The molecule has 98 valence electrons. The first kappa shape index (κ1) is 12.9. The minimum atomic E-state index is -0.877. The van der Waals surface area contributed by atoms with Gasteiger partial charge in [-0.1, -0.05) is 13.3 Å². The maximum atomic E-state index is 11.4. The molecule has 0 atom stereocenters. The standard InChI is InChI=1S/C14H20N2O2/c1-3-4-9-16(11-5-6-11)13-12(14(17)18)10(2)7-8-15-13/h7-8,11H,3-6,9H2,1-2H3,(H,17,18). The largest absolute Gasteiger partial charge is 0.478 e. The Hall–Kier alpha value is -1.58. The summed E-state index contributed by atoms with van der Waals surface area (Å²) in [6, 6.07) is 2.25. The van der Waals surface area contributed by atoms with Crippen molar-refractivity contribution in [2.24, 2.45) is 0 Å². The summed E-state index contributed by atoms with van der Waals surface area (Å²) in [5.74, 6) is -0.226. The lowest BCUT2D eigenvalue weighted by molar-refractivity contribution is 0.0696. The zero-order valence-corrected chi connectivity index (χ0v) is 11.0. The minimum absolute atomic E-state index is 0.362. The molecule has 0 unspecified atom stereocenters. The van der Waals surface area contributed by atoms with Crippen molar-refractivity contribution in [3.8, 4) is 0 Å². The monoisotopic (exact) mass is 248 g/mol. The van der Waals surface area contributed by atoms with Gasteiger partial charge in [0.1, 0.15) is 11.4 Å². The molecule has 0 aromatic carbocycles. The van der Waals surface area contributed by atoms with Gasteiger partial charge in [-0.25, -0.2) is 9.78 Å². The molecular weight excluding hydrogens is 228 g/mol. The fourth-order valence-electron chi connectivity index (χ4n) is 2.20. The van der Waals surface area contributed by atoms with Gasteiger partial charge in [-0.2, -0.15) is 0 Å². The lowest BCUT2D eigenvalue weighted by Crippen LogP contribution is -2.29. The number of anilines is 1. The Morgan fingerprint density at radius 1 is 1.56 bits per heavy atom. The van der Waals surface area contributed by atoms with Crippen LogP contribution in [-0.4, -0.2) is 28.6 Å². The number of hydrogen-bond donors (Lipinski definition) is 1. The van der Waals surface area contributed by atoms with Crippen LogP contribution in [0.1, 0.15) is 48.5 Å². The van der Waals surface area contributed by atoms with Gasteiger partial charge in [-0.15, -0.1) is 0 Å². The quantitative estimate of drug-likeness (QED) is 0.841. The molecule has 0 bridgehead atoms. The van der Waals surface area contributed by atoms with Crippen LogP contribution in [0.15, 0.2) is 12.3 Å². The number of nitrogens with zero attached hydrogens (tertiary/aromatic N) is 2. The summed E-state index contributed by atoms with van der Waals surface area (Å²) in [6.45, 7) is 4.88. The summed E-state index contributed by atoms with van der Waals surface area (Å²) in [5, 5.41) is 9.36. The van der Waals surface area contributed by atoms with Crippen LogP contribution in [0.25, 0.3) is 0 Å². The van der Waals surface area contributed by atoms with E-state index in [9.17, 15) is 9.90 Å². The van der Waals surface area contributed by atoms with E-state index in [1.807, 2.05) is 6.92 Å². The molecular formula is C14H20N2O2. The summed E-state index contributed by atoms with van der Waals surface area (Å²) in [6.07, 6.45) is 6.19. The highest BCUT2D eigenvalue weighted by Gasteiger charge is 2.32. The summed E-state index contributed by atoms with van der Waals surface area (Å²) in [7, 11) is 0. The van der Waals surface area contributed by atoms with Crippen LogP contribution in [0.4, 0.5) is 5.82 Å². The molecule has 1 fully saturated rings. The number of carbonyl (C=O) groups is 1. The molecule has 1 saturated carbocycles. The SMILES string of the molecule is CCCCN(c1nccc(C)c1C(=O)O)C1CC1. The third-order valence-electron chi connectivity index (χ3n) is 3.37. The molecule has 0 aliphatic heterocycles. The average molecular weight is 248 g/mol. The van der Waals surface area contributed by atoms with Crippen molar-refractivity contribution in [1.29, 1.82) is 0 Å². The molecule has 0 saturated heterocycles. The van der Waals surface area contributed by atoms with Gasteiger partial charge < -0.3 is 10.0 Å². The number of unbranched alkanes of at least 4 members (excludes halogenated alkanes) is 1. The van der Waals surface area contributed by atoms with Gasteiger partial charge in [0.25, 0.3) is 0 Å². The van der Waals surface area contributed by atoms with Gasteiger partial charge in [-0.05, 0) is 37.8 Å². The second-order valence-corrected chi connectivity index (χ2v) is 4.91. The van der Waals surface area contributed by atoms with Gasteiger partial charge in [0, 0.05) is 18.8 Å².